The molecule has 1 atom stereocenters. The molecule has 126 valence electrons. The van der Waals surface area contributed by atoms with Crippen LogP contribution in [0.15, 0.2) is 35.7 Å². The molecule has 3 nitrogen and oxygen atoms in total. The first kappa shape index (κ1) is 16.9. The summed E-state index contributed by atoms with van der Waals surface area (Å²) in [4.78, 5) is 4.66. The fourth-order valence-electron chi connectivity index (χ4n) is 2.20. The highest BCUT2D eigenvalue weighted by Gasteiger charge is 2.30. The first-order valence-electron chi connectivity index (χ1n) is 6.71. The fourth-order valence-corrected chi connectivity index (χ4v) is 3.18. The Morgan fingerprint density at radius 2 is 1.96 bits per heavy atom. The van der Waals surface area contributed by atoms with Crippen LogP contribution in [0.1, 0.15) is 17.0 Å². The van der Waals surface area contributed by atoms with E-state index in [0.29, 0.717) is 21.8 Å². The van der Waals surface area contributed by atoms with Gasteiger partial charge in [-0.2, -0.15) is 18.3 Å². The smallest absolute Gasteiger partial charge is 0.248 e. The van der Waals surface area contributed by atoms with Crippen LogP contribution in [0.4, 0.5) is 17.6 Å². The number of aromatic nitrogens is 3. The predicted octanol–water partition coefficient (Wildman–Crippen LogP) is 5.44. The zero-order chi connectivity index (χ0) is 17.5. The Hall–Kier alpha value is -1.93. The second-order valence-electron chi connectivity index (χ2n) is 5.00. The summed E-state index contributed by atoms with van der Waals surface area (Å²) in [5, 5.41) is 5.60. The standard InChI is InChI=1S/C15H10ClF4N3S/c1-23-14(21-13(22-23)12(16)17)9-6-11(24-7-9)8-3-2-4-10(5-8)15(18,19)20/h2-7,12H,1H3. The van der Waals surface area contributed by atoms with Gasteiger partial charge in [-0.1, -0.05) is 23.7 Å². The topological polar surface area (TPSA) is 30.7 Å². The SMILES string of the molecule is Cn1nc(C(F)Cl)nc1-c1csc(-c2cccc(C(F)(F)F)c2)c1. The van der Waals surface area contributed by atoms with Crippen LogP contribution in [-0.2, 0) is 13.2 Å². The molecule has 2 heterocycles. The first-order chi connectivity index (χ1) is 11.3. The van der Waals surface area contributed by atoms with E-state index in [9.17, 15) is 17.6 Å². The third-order valence-corrected chi connectivity index (χ3v) is 4.48. The third-order valence-electron chi connectivity index (χ3n) is 3.31. The van der Waals surface area contributed by atoms with E-state index in [1.165, 1.54) is 22.1 Å². The van der Waals surface area contributed by atoms with E-state index in [1.54, 1.807) is 24.6 Å². The van der Waals surface area contributed by atoms with E-state index < -0.39 is 17.4 Å². The maximum Gasteiger partial charge on any atom is 0.416 e. The number of nitrogens with zero attached hydrogens (tertiary/aromatic N) is 3. The molecule has 24 heavy (non-hydrogen) atoms. The number of aryl methyl sites for hydroxylation is 1. The van der Waals surface area contributed by atoms with E-state index in [-0.39, 0.29) is 5.82 Å². The van der Waals surface area contributed by atoms with Gasteiger partial charge in [-0.15, -0.1) is 11.3 Å². The van der Waals surface area contributed by atoms with Gasteiger partial charge in [0.15, 0.2) is 5.82 Å². The first-order valence-corrected chi connectivity index (χ1v) is 8.03. The Balaban J connectivity index is 1.97. The van der Waals surface area contributed by atoms with E-state index in [1.807, 2.05) is 0 Å². The highest BCUT2D eigenvalue weighted by atomic mass is 35.5. The maximum atomic E-state index is 13.1. The predicted molar refractivity (Wildman–Crippen MR) is 84.5 cm³/mol. The lowest BCUT2D eigenvalue weighted by Gasteiger charge is -2.07. The number of hydrogen-bond donors (Lipinski definition) is 0. The number of thiophene rings is 1. The van der Waals surface area contributed by atoms with E-state index in [2.05, 4.69) is 10.1 Å². The fraction of sp³-hybridized carbons (Fsp3) is 0.200. The average molecular weight is 376 g/mol. The van der Waals surface area contributed by atoms with E-state index in [0.717, 1.165) is 12.1 Å². The normalized spacial score (nSPS) is 13.2. The summed E-state index contributed by atoms with van der Waals surface area (Å²) in [6.07, 6.45) is -4.40. The summed E-state index contributed by atoms with van der Waals surface area (Å²) >= 11 is 6.60. The molecule has 0 fully saturated rings. The van der Waals surface area contributed by atoms with Crippen LogP contribution < -0.4 is 0 Å². The van der Waals surface area contributed by atoms with Crippen molar-refractivity contribution in [2.75, 3.05) is 0 Å². The molecule has 0 amide bonds. The molecule has 2 aromatic heterocycles. The van der Waals surface area contributed by atoms with Gasteiger partial charge in [0, 0.05) is 22.9 Å². The van der Waals surface area contributed by atoms with E-state index in [4.69, 9.17) is 11.6 Å². The molecule has 0 N–H and O–H groups in total. The lowest BCUT2D eigenvalue weighted by atomic mass is 10.1. The van der Waals surface area contributed by atoms with Gasteiger partial charge < -0.3 is 0 Å². The Labute approximate surface area is 143 Å². The Morgan fingerprint density at radius 1 is 1.21 bits per heavy atom. The van der Waals surface area contributed by atoms with Crippen LogP contribution in [0.5, 0.6) is 0 Å². The average Bonchev–Trinajstić information content (AvgIpc) is 3.13. The number of alkyl halides is 5. The van der Waals surface area contributed by atoms with Crippen LogP contribution in [-0.4, -0.2) is 14.8 Å². The molecule has 0 saturated carbocycles. The van der Waals surface area contributed by atoms with Gasteiger partial charge in [0.1, 0.15) is 0 Å². The van der Waals surface area contributed by atoms with Gasteiger partial charge in [0.2, 0.25) is 11.5 Å². The highest BCUT2D eigenvalue weighted by Crippen LogP contribution is 2.36. The largest absolute Gasteiger partial charge is 0.416 e. The molecular weight excluding hydrogens is 366 g/mol. The minimum Gasteiger partial charge on any atom is -0.248 e. The van der Waals surface area contributed by atoms with Gasteiger partial charge in [0.25, 0.3) is 0 Å². The summed E-state index contributed by atoms with van der Waals surface area (Å²) in [6, 6.07) is 6.76. The van der Waals surface area contributed by atoms with Crippen molar-refractivity contribution in [1.29, 1.82) is 0 Å². The van der Waals surface area contributed by atoms with Crippen molar-refractivity contribution in [3.63, 3.8) is 0 Å². The zero-order valence-electron chi connectivity index (χ0n) is 12.2. The minimum atomic E-state index is -4.40. The van der Waals surface area contributed by atoms with Gasteiger partial charge in [-0.25, -0.2) is 14.1 Å². The van der Waals surface area contributed by atoms with Crippen LogP contribution in [0.3, 0.4) is 0 Å². The second-order valence-corrected chi connectivity index (χ2v) is 6.29. The summed E-state index contributed by atoms with van der Waals surface area (Å²) in [5.41, 5.74) is -1.44. The van der Waals surface area contributed by atoms with Gasteiger partial charge in [-0.05, 0) is 23.8 Å². The molecule has 9 heteroatoms. The van der Waals surface area contributed by atoms with Crippen LogP contribution in [0.2, 0.25) is 0 Å². The summed E-state index contributed by atoms with van der Waals surface area (Å²) in [7, 11) is 1.59. The quantitative estimate of drug-likeness (QED) is 0.451. The molecule has 3 rings (SSSR count). The number of halogens is 5. The summed E-state index contributed by atoms with van der Waals surface area (Å²) in [6.45, 7) is 0. The lowest BCUT2D eigenvalue weighted by Crippen LogP contribution is -2.04. The maximum absolute atomic E-state index is 13.1. The molecule has 3 aromatic rings. The van der Waals surface area contributed by atoms with Crippen LogP contribution in [0, 0.1) is 0 Å². The molecule has 0 aliphatic heterocycles. The van der Waals surface area contributed by atoms with Crippen molar-refractivity contribution in [2.45, 2.75) is 11.8 Å². The van der Waals surface area contributed by atoms with Crippen molar-refractivity contribution in [3.8, 4) is 21.8 Å². The molecule has 0 aliphatic carbocycles. The minimum absolute atomic E-state index is 0.152. The van der Waals surface area contributed by atoms with Crippen LogP contribution >= 0.6 is 22.9 Å². The Kier molecular flexibility index (Phi) is 4.35. The van der Waals surface area contributed by atoms with Gasteiger partial charge >= 0.3 is 6.18 Å². The molecular formula is C15H10ClF4N3S. The van der Waals surface area contributed by atoms with Crippen molar-refractivity contribution in [1.82, 2.24) is 14.8 Å². The number of rotatable bonds is 3. The monoisotopic (exact) mass is 375 g/mol. The van der Waals surface area contributed by atoms with Crippen molar-refractivity contribution >= 4 is 22.9 Å². The van der Waals surface area contributed by atoms with Crippen molar-refractivity contribution < 1.29 is 17.6 Å². The van der Waals surface area contributed by atoms with Crippen molar-refractivity contribution in [2.24, 2.45) is 7.05 Å². The number of benzene rings is 1. The molecule has 0 bridgehead atoms. The number of hydrogen-bond acceptors (Lipinski definition) is 3. The Morgan fingerprint density at radius 3 is 2.58 bits per heavy atom. The van der Waals surface area contributed by atoms with Crippen molar-refractivity contribution in [3.05, 3.63) is 47.1 Å². The molecule has 0 spiro atoms. The summed E-state index contributed by atoms with van der Waals surface area (Å²) < 4.78 is 52.9. The zero-order valence-corrected chi connectivity index (χ0v) is 13.8. The highest BCUT2D eigenvalue weighted by molar-refractivity contribution is 7.14. The van der Waals surface area contributed by atoms with E-state index >= 15 is 0 Å². The lowest BCUT2D eigenvalue weighted by molar-refractivity contribution is -0.137. The van der Waals surface area contributed by atoms with Gasteiger partial charge in [-0.3, -0.25) is 0 Å². The molecule has 0 aliphatic rings. The molecule has 1 unspecified atom stereocenters. The Bertz CT molecular complexity index is 870. The molecule has 1 aromatic carbocycles. The molecule has 0 saturated heterocycles. The third kappa shape index (κ3) is 3.29. The van der Waals surface area contributed by atoms with Crippen LogP contribution in [0.25, 0.3) is 21.8 Å². The second kappa shape index (κ2) is 6.18. The summed E-state index contributed by atoms with van der Waals surface area (Å²) in [5.74, 6) is 0.240. The molecule has 0 radical (unpaired) electrons. The van der Waals surface area contributed by atoms with Gasteiger partial charge in [0.05, 0.1) is 5.56 Å².